The molecule has 0 atom stereocenters. The Hall–Kier alpha value is -2.82. The van der Waals surface area contributed by atoms with E-state index in [4.69, 9.17) is 0 Å². The number of nitrogens with zero attached hydrogens (tertiary/aromatic N) is 5. The van der Waals surface area contributed by atoms with Crippen LogP contribution in [0.1, 0.15) is 0 Å². The first kappa shape index (κ1) is 10.1. The largest absolute Gasteiger partial charge is 0.254 e. The van der Waals surface area contributed by atoms with E-state index >= 15 is 0 Å². The first-order valence-electron chi connectivity index (χ1n) is 5.94. The number of fused-ring (bicyclic) bond motifs is 3. The van der Waals surface area contributed by atoms with Gasteiger partial charge in [-0.3, -0.25) is 4.98 Å². The standard InChI is InChI=1S/C14H9N5/c1-2-7-12-10(5-1)9-16-14-13(17-18-19(12)14)11-6-3-4-8-15-11/h1-9H. The molecule has 90 valence electrons. The van der Waals surface area contributed by atoms with Crippen LogP contribution in [0.4, 0.5) is 0 Å². The lowest BCUT2D eigenvalue weighted by molar-refractivity contribution is 0.876. The minimum atomic E-state index is 0.700. The fourth-order valence-electron chi connectivity index (χ4n) is 2.14. The normalized spacial score (nSPS) is 11.2. The number of hydrogen-bond donors (Lipinski definition) is 0. The molecule has 0 saturated heterocycles. The number of benzene rings is 1. The van der Waals surface area contributed by atoms with Crippen molar-refractivity contribution in [2.24, 2.45) is 0 Å². The maximum Gasteiger partial charge on any atom is 0.185 e. The van der Waals surface area contributed by atoms with Gasteiger partial charge in [0.25, 0.3) is 0 Å². The summed E-state index contributed by atoms with van der Waals surface area (Å²) in [6.45, 7) is 0. The summed E-state index contributed by atoms with van der Waals surface area (Å²) in [5.41, 5.74) is 3.19. The lowest BCUT2D eigenvalue weighted by atomic mass is 10.2. The molecule has 0 aliphatic rings. The predicted molar refractivity (Wildman–Crippen MR) is 71.5 cm³/mol. The molecule has 19 heavy (non-hydrogen) atoms. The number of para-hydroxylation sites is 1. The van der Waals surface area contributed by atoms with Crippen molar-refractivity contribution < 1.29 is 0 Å². The van der Waals surface area contributed by atoms with Crippen LogP contribution in [0.5, 0.6) is 0 Å². The lowest BCUT2D eigenvalue weighted by Crippen LogP contribution is -1.92. The molecular formula is C14H9N5. The van der Waals surface area contributed by atoms with Gasteiger partial charge in [-0.1, -0.05) is 29.5 Å². The Kier molecular flexibility index (Phi) is 2.05. The Morgan fingerprint density at radius 1 is 0.895 bits per heavy atom. The van der Waals surface area contributed by atoms with Crippen LogP contribution in [0.25, 0.3) is 27.9 Å². The topological polar surface area (TPSA) is 56.0 Å². The van der Waals surface area contributed by atoms with Crippen molar-refractivity contribution in [2.75, 3.05) is 0 Å². The van der Waals surface area contributed by atoms with E-state index in [9.17, 15) is 0 Å². The molecule has 4 rings (SSSR count). The average molecular weight is 247 g/mol. The van der Waals surface area contributed by atoms with E-state index in [-0.39, 0.29) is 0 Å². The summed E-state index contributed by atoms with van der Waals surface area (Å²) < 4.78 is 1.75. The zero-order valence-electron chi connectivity index (χ0n) is 9.93. The fraction of sp³-hybridized carbons (Fsp3) is 0. The monoisotopic (exact) mass is 247 g/mol. The van der Waals surface area contributed by atoms with E-state index in [2.05, 4.69) is 20.3 Å². The van der Waals surface area contributed by atoms with E-state index in [1.807, 2.05) is 48.7 Å². The number of rotatable bonds is 1. The summed E-state index contributed by atoms with van der Waals surface area (Å²) in [5, 5.41) is 9.43. The molecule has 0 saturated carbocycles. The highest BCUT2D eigenvalue weighted by Crippen LogP contribution is 2.21. The Morgan fingerprint density at radius 2 is 1.79 bits per heavy atom. The first-order valence-corrected chi connectivity index (χ1v) is 5.94. The van der Waals surface area contributed by atoms with Crippen LogP contribution in [0.2, 0.25) is 0 Å². The minimum absolute atomic E-state index is 0.700. The Morgan fingerprint density at radius 3 is 2.68 bits per heavy atom. The summed E-state index contributed by atoms with van der Waals surface area (Å²) in [6, 6.07) is 13.7. The molecule has 0 amide bonds. The molecule has 0 spiro atoms. The van der Waals surface area contributed by atoms with Crippen molar-refractivity contribution in [3.05, 3.63) is 54.9 Å². The third-order valence-corrected chi connectivity index (χ3v) is 3.04. The molecule has 0 fully saturated rings. The van der Waals surface area contributed by atoms with Crippen LogP contribution in [0, 0.1) is 0 Å². The molecule has 0 radical (unpaired) electrons. The maximum absolute atomic E-state index is 4.44. The van der Waals surface area contributed by atoms with Crippen LogP contribution in [-0.4, -0.2) is 24.8 Å². The van der Waals surface area contributed by atoms with Crippen molar-refractivity contribution in [1.82, 2.24) is 24.8 Å². The highest BCUT2D eigenvalue weighted by atomic mass is 15.4. The highest BCUT2D eigenvalue weighted by Gasteiger charge is 2.12. The van der Waals surface area contributed by atoms with E-state index in [1.165, 1.54) is 0 Å². The average Bonchev–Trinajstić information content (AvgIpc) is 2.92. The minimum Gasteiger partial charge on any atom is -0.254 e. The van der Waals surface area contributed by atoms with Gasteiger partial charge in [0.15, 0.2) is 11.3 Å². The second kappa shape index (κ2) is 3.84. The first-order chi connectivity index (χ1) is 9.43. The van der Waals surface area contributed by atoms with Crippen LogP contribution in [0.15, 0.2) is 54.9 Å². The fourth-order valence-corrected chi connectivity index (χ4v) is 2.14. The Bertz CT molecular complexity index is 867. The van der Waals surface area contributed by atoms with Crippen molar-refractivity contribution in [3.8, 4) is 11.4 Å². The second-order valence-corrected chi connectivity index (χ2v) is 4.21. The van der Waals surface area contributed by atoms with Gasteiger partial charge in [0.2, 0.25) is 0 Å². The van der Waals surface area contributed by atoms with Gasteiger partial charge in [0.05, 0.1) is 11.2 Å². The molecular weight excluding hydrogens is 238 g/mol. The molecule has 1 aromatic carbocycles. The van der Waals surface area contributed by atoms with Crippen molar-refractivity contribution in [3.63, 3.8) is 0 Å². The molecule has 3 heterocycles. The summed E-state index contributed by atoms with van der Waals surface area (Å²) in [4.78, 5) is 8.74. The predicted octanol–water partition coefficient (Wildman–Crippen LogP) is 2.34. The quantitative estimate of drug-likeness (QED) is 0.518. The molecule has 4 aromatic rings. The van der Waals surface area contributed by atoms with Gasteiger partial charge < -0.3 is 0 Å². The van der Waals surface area contributed by atoms with Gasteiger partial charge in [-0.05, 0) is 18.2 Å². The van der Waals surface area contributed by atoms with E-state index in [0.717, 1.165) is 22.2 Å². The summed E-state index contributed by atoms with van der Waals surface area (Å²) >= 11 is 0. The Labute approximate surface area is 108 Å². The third-order valence-electron chi connectivity index (χ3n) is 3.04. The van der Waals surface area contributed by atoms with Crippen molar-refractivity contribution in [1.29, 1.82) is 0 Å². The molecule has 5 heteroatoms. The molecule has 0 bridgehead atoms. The van der Waals surface area contributed by atoms with Crippen LogP contribution < -0.4 is 0 Å². The molecule has 0 N–H and O–H groups in total. The van der Waals surface area contributed by atoms with Gasteiger partial charge in [-0.2, -0.15) is 4.52 Å². The second-order valence-electron chi connectivity index (χ2n) is 4.21. The van der Waals surface area contributed by atoms with E-state index in [1.54, 1.807) is 10.7 Å². The van der Waals surface area contributed by atoms with Crippen LogP contribution in [-0.2, 0) is 0 Å². The zero-order valence-corrected chi connectivity index (χ0v) is 9.93. The van der Waals surface area contributed by atoms with Gasteiger partial charge >= 0.3 is 0 Å². The maximum atomic E-state index is 4.44. The summed E-state index contributed by atoms with van der Waals surface area (Å²) in [5.74, 6) is 0. The molecule has 0 unspecified atom stereocenters. The number of aromatic nitrogens is 5. The summed E-state index contributed by atoms with van der Waals surface area (Å²) in [7, 11) is 0. The third kappa shape index (κ3) is 1.48. The van der Waals surface area contributed by atoms with Gasteiger partial charge in [0.1, 0.15) is 0 Å². The molecule has 5 nitrogen and oxygen atoms in total. The van der Waals surface area contributed by atoms with Crippen molar-refractivity contribution in [2.45, 2.75) is 0 Å². The smallest absolute Gasteiger partial charge is 0.185 e. The van der Waals surface area contributed by atoms with Gasteiger partial charge in [-0.25, -0.2) is 4.98 Å². The number of hydrogen-bond acceptors (Lipinski definition) is 4. The molecule has 0 aliphatic carbocycles. The van der Waals surface area contributed by atoms with Crippen molar-refractivity contribution >= 4 is 16.6 Å². The van der Waals surface area contributed by atoms with E-state index in [0.29, 0.717) is 5.69 Å². The van der Waals surface area contributed by atoms with Gasteiger partial charge in [-0.15, -0.1) is 5.10 Å². The SMILES string of the molecule is c1ccc(-c2nnn3c2ncc2ccccc23)nc1. The molecule has 0 aliphatic heterocycles. The number of pyridine rings is 1. The van der Waals surface area contributed by atoms with Crippen LogP contribution in [0.3, 0.4) is 0 Å². The zero-order chi connectivity index (χ0) is 12.7. The molecule has 3 aromatic heterocycles. The highest BCUT2D eigenvalue weighted by molar-refractivity contribution is 5.83. The van der Waals surface area contributed by atoms with Crippen LogP contribution >= 0.6 is 0 Å². The Balaban J connectivity index is 2.08. The lowest BCUT2D eigenvalue weighted by Gasteiger charge is -1.99. The van der Waals surface area contributed by atoms with E-state index < -0.39 is 0 Å². The van der Waals surface area contributed by atoms with Gasteiger partial charge in [0, 0.05) is 17.8 Å². The summed E-state index contributed by atoms with van der Waals surface area (Å²) in [6.07, 6.45) is 3.57.